The highest BCUT2D eigenvalue weighted by Crippen LogP contribution is 2.39. The summed E-state index contributed by atoms with van der Waals surface area (Å²) in [5, 5.41) is 9.07. The Morgan fingerprint density at radius 3 is 1.36 bits per heavy atom. The molecule has 1 aromatic heterocycles. The molecule has 109 heavy (non-hydrogen) atoms. The number of hydrogen-bond acceptors (Lipinski definition) is 11. The molecule has 0 saturated carbocycles. The van der Waals surface area contributed by atoms with E-state index in [0.717, 1.165) is 74.0 Å². The van der Waals surface area contributed by atoms with Crippen molar-refractivity contribution in [2.75, 3.05) is 27.0 Å². The zero-order chi connectivity index (χ0) is 77.9. The molecule has 0 saturated heterocycles. The van der Waals surface area contributed by atoms with Crippen molar-refractivity contribution >= 4 is 11.5 Å². The van der Waals surface area contributed by atoms with Crippen molar-refractivity contribution < 1.29 is 56.9 Å². The molecule has 1 N–H and O–H groups in total. The fraction of sp³-hybridized carbons (Fsp3) is 0.227. The molecule has 12 nitrogen and oxygen atoms in total. The SMILES string of the molecule is Cc1cc(C(=O)O)cc(-c2ccccc2)c1C.Cc1cc2c(cc1C)OCO2.Cc1ccc(OCc2ccccc2)cc1C.Cc1ccc2c(c1C)OCO2.Cc1ccc2c(c1C)OCO2.Cc1cccc(-c2ccco2)c1C.Cc1cccc(C2=CCOC=C2)c1C.Cc1cccc(OCc2ccccc2)c1C. The van der Waals surface area contributed by atoms with Crippen molar-refractivity contribution in [1.82, 2.24) is 0 Å². The molecule has 0 amide bonds. The summed E-state index contributed by atoms with van der Waals surface area (Å²) in [5.74, 6) is 7.26. The van der Waals surface area contributed by atoms with Gasteiger partial charge in [0.1, 0.15) is 37.1 Å². The number of carboxylic acids is 1. The van der Waals surface area contributed by atoms with Gasteiger partial charge in [0, 0.05) is 5.56 Å². The Hall–Kier alpha value is -12.2. The Balaban J connectivity index is 0.000000144. The van der Waals surface area contributed by atoms with E-state index in [1.165, 1.54) is 106 Å². The summed E-state index contributed by atoms with van der Waals surface area (Å²) in [6.45, 7) is 36.3. The Bertz CT molecular complexity index is 4940. The Morgan fingerprint density at radius 2 is 0.835 bits per heavy atom. The van der Waals surface area contributed by atoms with Gasteiger partial charge in [-0.15, -0.1) is 0 Å². The summed E-state index contributed by atoms with van der Waals surface area (Å²) >= 11 is 0. The van der Waals surface area contributed by atoms with Gasteiger partial charge in [-0.2, -0.15) is 0 Å². The van der Waals surface area contributed by atoms with Crippen LogP contribution >= 0.6 is 0 Å². The number of aryl methyl sites for hydroxylation is 10. The zero-order valence-electron chi connectivity index (χ0n) is 65.9. The average Bonchev–Trinajstić information content (AvgIpc) is 1.83. The molecule has 0 bridgehead atoms. The molecule has 5 heterocycles. The quantitative estimate of drug-likeness (QED) is 0.140. The van der Waals surface area contributed by atoms with Crippen LogP contribution < -0.4 is 37.9 Å². The van der Waals surface area contributed by atoms with Crippen molar-refractivity contribution in [3.8, 4) is 68.4 Å². The second-order valence-corrected chi connectivity index (χ2v) is 27.2. The van der Waals surface area contributed by atoms with Crippen LogP contribution in [0.5, 0.6) is 46.0 Å². The predicted molar refractivity (Wildman–Crippen MR) is 440 cm³/mol. The van der Waals surface area contributed by atoms with E-state index in [1.807, 2.05) is 167 Å². The summed E-state index contributed by atoms with van der Waals surface area (Å²) < 4.78 is 53.4. The number of hydrogen-bond donors (Lipinski definition) is 1. The van der Waals surface area contributed by atoms with Gasteiger partial charge < -0.3 is 52.2 Å². The Labute approximate surface area is 644 Å². The molecule has 4 aliphatic heterocycles. The van der Waals surface area contributed by atoms with Gasteiger partial charge in [0.25, 0.3) is 0 Å². The lowest BCUT2D eigenvalue weighted by Crippen LogP contribution is -1.99. The summed E-state index contributed by atoms with van der Waals surface area (Å²) in [7, 11) is 0. The van der Waals surface area contributed by atoms with Crippen LogP contribution in [0.1, 0.15) is 116 Å². The van der Waals surface area contributed by atoms with Crippen molar-refractivity contribution in [3.05, 3.63) is 360 Å². The van der Waals surface area contributed by atoms with Crippen LogP contribution in [-0.2, 0) is 18.0 Å². The Kier molecular flexibility index (Phi) is 29.7. The van der Waals surface area contributed by atoms with E-state index in [0.29, 0.717) is 45.8 Å². The number of carbonyl (C=O) groups is 1. The monoisotopic (exact) mass is 1460 g/mol. The van der Waals surface area contributed by atoms with E-state index in [-0.39, 0.29) is 0 Å². The van der Waals surface area contributed by atoms with E-state index in [9.17, 15) is 4.79 Å². The maximum Gasteiger partial charge on any atom is 0.335 e. The van der Waals surface area contributed by atoms with Crippen LogP contribution in [0.15, 0.2) is 254 Å². The van der Waals surface area contributed by atoms with E-state index >= 15 is 0 Å². The highest BCUT2D eigenvalue weighted by atomic mass is 16.7. The average molecular weight is 1460 g/mol. The van der Waals surface area contributed by atoms with Crippen LogP contribution in [0, 0.1) is 111 Å². The molecule has 0 aliphatic carbocycles. The highest BCUT2D eigenvalue weighted by molar-refractivity contribution is 5.90. The van der Waals surface area contributed by atoms with Crippen LogP contribution in [-0.4, -0.2) is 38.1 Å². The zero-order valence-corrected chi connectivity index (χ0v) is 65.9. The number of ether oxygens (including phenoxy) is 9. The molecule has 0 radical (unpaired) electrons. The normalized spacial score (nSPS) is 11.8. The van der Waals surface area contributed by atoms with Crippen molar-refractivity contribution in [2.45, 2.75) is 124 Å². The third-order valence-corrected chi connectivity index (χ3v) is 19.7. The largest absolute Gasteiger partial charge is 0.497 e. The molecular weight excluding hydrogens is 1360 g/mol. The first kappa shape index (κ1) is 80.9. The molecule has 12 heteroatoms. The third kappa shape index (κ3) is 22.9. The highest BCUT2D eigenvalue weighted by Gasteiger charge is 2.19. The van der Waals surface area contributed by atoms with Crippen molar-refractivity contribution in [3.63, 3.8) is 0 Å². The standard InChI is InChI=1S/C15H14O2.2C15H16O.C13H14O.C12H12O.3C9H10O2/c1-10-8-13(15(16)17)9-14(11(10)2)12-6-4-3-5-7-12;1-12-7-6-10-15(13(12)2)16-11-14-8-4-3-5-9-14;1-12-8-9-15(10-13(12)2)16-11-14-6-4-3-5-7-14;1-10-4-3-5-13(11(10)2)12-6-8-14-9-7-12;1-9-5-3-6-11(10(9)2)12-7-4-8-13-12;1-6-3-8-9(4-7(6)2)11-5-10-8;2*1-6-3-4-8-9(7(6)2)11-5-10-8/h3-9H,1-2H3,(H,16,17);2*3-10H,11H2,1-2H3;3-8H,9H2,1-2H3;3-8H,1-2H3;3*3-4H,5H2,1-2H3. The second kappa shape index (κ2) is 40.0. The molecule has 0 unspecified atom stereocenters. The van der Waals surface area contributed by atoms with Gasteiger partial charge in [-0.05, 0) is 312 Å². The molecule has 11 aromatic carbocycles. The van der Waals surface area contributed by atoms with E-state index in [2.05, 4.69) is 168 Å². The van der Waals surface area contributed by atoms with Gasteiger partial charge in [-0.25, -0.2) is 4.79 Å². The lowest BCUT2D eigenvalue weighted by Gasteiger charge is -2.12. The first-order chi connectivity index (χ1) is 52.5. The third-order valence-electron chi connectivity index (χ3n) is 19.7. The number of rotatable bonds is 10. The first-order valence-corrected chi connectivity index (χ1v) is 36.6. The van der Waals surface area contributed by atoms with Gasteiger partial charge in [0.2, 0.25) is 20.4 Å². The lowest BCUT2D eigenvalue weighted by atomic mass is 9.94. The maximum atomic E-state index is 11.0. The van der Waals surface area contributed by atoms with Crippen LogP contribution in [0.2, 0.25) is 0 Å². The summed E-state index contributed by atoms with van der Waals surface area (Å²) in [4.78, 5) is 11.0. The molecule has 16 rings (SSSR count). The summed E-state index contributed by atoms with van der Waals surface area (Å²) in [6.07, 6.45) is 7.60. The number of allylic oxidation sites excluding steroid dienone is 2. The van der Waals surface area contributed by atoms with Gasteiger partial charge in [0.05, 0.1) is 18.1 Å². The summed E-state index contributed by atoms with van der Waals surface area (Å²) in [6, 6.07) is 74.6. The number of carboxylic acid groups (broad SMARTS) is 1. The van der Waals surface area contributed by atoms with E-state index in [1.54, 1.807) is 24.7 Å². The minimum absolute atomic E-state index is 0.340. The predicted octanol–water partition coefficient (Wildman–Crippen LogP) is 24.3. The molecule has 0 atom stereocenters. The Morgan fingerprint density at radius 1 is 0.367 bits per heavy atom. The van der Waals surface area contributed by atoms with Gasteiger partial charge in [-0.1, -0.05) is 158 Å². The van der Waals surface area contributed by atoms with Gasteiger partial charge in [-0.3, -0.25) is 0 Å². The fourth-order valence-corrected chi connectivity index (χ4v) is 11.7. The topological polar surface area (TPSA) is 134 Å². The van der Waals surface area contributed by atoms with E-state index < -0.39 is 5.97 Å². The van der Waals surface area contributed by atoms with Gasteiger partial charge >= 0.3 is 5.97 Å². The van der Waals surface area contributed by atoms with Crippen LogP contribution in [0.4, 0.5) is 0 Å². The number of aromatic carboxylic acids is 1. The lowest BCUT2D eigenvalue weighted by molar-refractivity contribution is 0.0696. The molecular formula is C97H102O12. The smallest absolute Gasteiger partial charge is 0.335 e. The molecule has 0 fully saturated rings. The first-order valence-electron chi connectivity index (χ1n) is 36.6. The molecule has 12 aromatic rings. The maximum absolute atomic E-state index is 11.0. The number of benzene rings is 11. The van der Waals surface area contributed by atoms with E-state index in [4.69, 9.17) is 52.2 Å². The molecule has 562 valence electrons. The minimum Gasteiger partial charge on any atom is -0.497 e. The summed E-state index contributed by atoms with van der Waals surface area (Å²) in [5.41, 5.74) is 28.3. The number of fused-ring (bicyclic) bond motifs is 3. The number of furan rings is 1. The second-order valence-electron chi connectivity index (χ2n) is 27.2. The van der Waals surface area contributed by atoms with Crippen LogP contribution in [0.25, 0.3) is 28.0 Å². The fourth-order valence-electron chi connectivity index (χ4n) is 11.7. The van der Waals surface area contributed by atoms with Crippen LogP contribution in [0.3, 0.4) is 0 Å². The van der Waals surface area contributed by atoms with Crippen molar-refractivity contribution in [1.29, 1.82) is 0 Å². The molecule has 4 aliphatic rings. The molecule has 0 spiro atoms. The van der Waals surface area contributed by atoms with Crippen molar-refractivity contribution in [2.24, 2.45) is 0 Å². The van der Waals surface area contributed by atoms with Gasteiger partial charge in [0.15, 0.2) is 34.5 Å². The minimum atomic E-state index is -0.884.